The third-order valence-corrected chi connectivity index (χ3v) is 7.60. The maximum Gasteiger partial charge on any atom is 0.243 e. The van der Waals surface area contributed by atoms with Gasteiger partial charge in [-0.1, -0.05) is 12.1 Å². The minimum absolute atomic E-state index is 0.0729. The molecule has 2 heterocycles. The smallest absolute Gasteiger partial charge is 0.243 e. The second-order valence-electron chi connectivity index (χ2n) is 6.88. The Bertz CT molecular complexity index is 1090. The molecule has 0 saturated carbocycles. The Balaban J connectivity index is 1.34. The van der Waals surface area contributed by atoms with Crippen molar-refractivity contribution in [2.75, 3.05) is 18.4 Å². The molecular weight excluding hydrogens is 394 g/mol. The summed E-state index contributed by atoms with van der Waals surface area (Å²) in [5, 5.41) is 3.91. The van der Waals surface area contributed by atoms with Crippen molar-refractivity contribution in [3.8, 4) is 0 Å². The van der Waals surface area contributed by atoms with Crippen LogP contribution in [0.1, 0.15) is 24.8 Å². The number of sulfonamides is 1. The maximum atomic E-state index is 12.5. The van der Waals surface area contributed by atoms with E-state index in [1.54, 1.807) is 30.5 Å². The molecule has 0 unspecified atom stereocenters. The van der Waals surface area contributed by atoms with Crippen molar-refractivity contribution in [3.05, 3.63) is 54.2 Å². The molecule has 146 valence electrons. The second kappa shape index (κ2) is 7.98. The van der Waals surface area contributed by atoms with E-state index in [4.69, 9.17) is 0 Å². The summed E-state index contributed by atoms with van der Waals surface area (Å²) in [6.07, 6.45) is 4.51. The zero-order chi connectivity index (χ0) is 19.6. The highest BCUT2D eigenvalue weighted by molar-refractivity contribution is 7.89. The monoisotopic (exact) mass is 415 g/mol. The summed E-state index contributed by atoms with van der Waals surface area (Å²) < 4.78 is 31.8. The minimum atomic E-state index is -3.39. The number of fused-ring (bicyclic) bond motifs is 1. The topological polar surface area (TPSA) is 79.4 Å². The van der Waals surface area contributed by atoms with E-state index in [0.717, 1.165) is 34.2 Å². The largest absolute Gasteiger partial charge is 0.326 e. The minimum Gasteiger partial charge on any atom is -0.326 e. The van der Waals surface area contributed by atoms with Gasteiger partial charge in [0.25, 0.3) is 0 Å². The summed E-state index contributed by atoms with van der Waals surface area (Å²) in [5.41, 5.74) is 1.69. The van der Waals surface area contributed by atoms with Crippen molar-refractivity contribution in [1.82, 2.24) is 8.68 Å². The number of hydrogen-bond donors (Lipinski definition) is 1. The average molecular weight is 416 g/mol. The van der Waals surface area contributed by atoms with Crippen LogP contribution in [0.2, 0.25) is 0 Å². The molecule has 0 radical (unpaired) electrons. The molecule has 1 N–H and O–H groups in total. The molecule has 8 heteroatoms. The van der Waals surface area contributed by atoms with Crippen molar-refractivity contribution in [1.29, 1.82) is 0 Å². The van der Waals surface area contributed by atoms with Crippen LogP contribution in [0.25, 0.3) is 10.1 Å². The highest BCUT2D eigenvalue weighted by Gasteiger charge is 2.26. The van der Waals surface area contributed by atoms with Gasteiger partial charge < -0.3 is 5.32 Å². The molecule has 1 saturated heterocycles. The Morgan fingerprint density at radius 2 is 1.86 bits per heavy atom. The summed E-state index contributed by atoms with van der Waals surface area (Å²) in [6, 6.07) is 12.6. The first-order valence-corrected chi connectivity index (χ1v) is 11.5. The number of benzene rings is 2. The number of nitrogens with one attached hydrogen (secondary N) is 1. The Hall–Kier alpha value is -2.29. The zero-order valence-corrected chi connectivity index (χ0v) is 16.9. The van der Waals surface area contributed by atoms with Gasteiger partial charge in [-0.15, -0.1) is 0 Å². The molecule has 6 nitrogen and oxygen atoms in total. The van der Waals surface area contributed by atoms with Crippen molar-refractivity contribution < 1.29 is 13.2 Å². The lowest BCUT2D eigenvalue weighted by atomic mass is 10.1. The number of anilines is 1. The molecule has 1 aliphatic rings. The van der Waals surface area contributed by atoms with Crippen LogP contribution in [-0.2, 0) is 21.2 Å². The number of aryl methyl sites for hydroxylation is 1. The van der Waals surface area contributed by atoms with Crippen LogP contribution in [0.3, 0.4) is 0 Å². The van der Waals surface area contributed by atoms with Gasteiger partial charge in [-0.05, 0) is 66.7 Å². The molecule has 4 rings (SSSR count). The van der Waals surface area contributed by atoms with Gasteiger partial charge in [0.2, 0.25) is 15.9 Å². The first-order valence-electron chi connectivity index (χ1n) is 9.26. The molecular formula is C20H21N3O3S2. The van der Waals surface area contributed by atoms with E-state index in [1.165, 1.54) is 15.8 Å². The van der Waals surface area contributed by atoms with E-state index in [1.807, 2.05) is 18.2 Å². The van der Waals surface area contributed by atoms with E-state index in [9.17, 15) is 13.2 Å². The van der Waals surface area contributed by atoms with E-state index >= 15 is 0 Å². The van der Waals surface area contributed by atoms with Gasteiger partial charge in [-0.25, -0.2) is 8.42 Å². The van der Waals surface area contributed by atoms with Gasteiger partial charge in [0.05, 0.1) is 9.60 Å². The molecule has 1 amide bonds. The van der Waals surface area contributed by atoms with Crippen LogP contribution >= 0.6 is 11.5 Å². The van der Waals surface area contributed by atoms with Gasteiger partial charge in [0, 0.05) is 36.8 Å². The lowest BCUT2D eigenvalue weighted by molar-refractivity contribution is -0.116. The predicted molar refractivity (Wildman–Crippen MR) is 111 cm³/mol. The van der Waals surface area contributed by atoms with Crippen LogP contribution in [0.4, 0.5) is 5.69 Å². The molecule has 0 aliphatic carbocycles. The maximum absolute atomic E-state index is 12.5. The van der Waals surface area contributed by atoms with Gasteiger partial charge in [0.1, 0.15) is 0 Å². The number of nitrogens with zero attached hydrogens (tertiary/aromatic N) is 2. The fraction of sp³-hybridized carbons (Fsp3) is 0.300. The molecule has 0 atom stereocenters. The molecule has 1 aromatic heterocycles. The number of amides is 1. The van der Waals surface area contributed by atoms with Crippen LogP contribution in [0.15, 0.2) is 53.6 Å². The van der Waals surface area contributed by atoms with Crippen molar-refractivity contribution >= 4 is 43.2 Å². The first kappa shape index (κ1) is 19.0. The van der Waals surface area contributed by atoms with E-state index < -0.39 is 10.0 Å². The third kappa shape index (κ3) is 4.09. The number of carbonyl (C=O) groups excluding carboxylic acids is 1. The zero-order valence-electron chi connectivity index (χ0n) is 15.3. The van der Waals surface area contributed by atoms with Crippen LogP contribution in [-0.4, -0.2) is 36.1 Å². The fourth-order valence-electron chi connectivity index (χ4n) is 3.34. The summed E-state index contributed by atoms with van der Waals surface area (Å²) in [4.78, 5) is 12.6. The highest BCUT2D eigenvalue weighted by atomic mass is 32.2. The van der Waals surface area contributed by atoms with Crippen molar-refractivity contribution in [3.63, 3.8) is 0 Å². The van der Waals surface area contributed by atoms with Crippen LogP contribution in [0, 0.1) is 0 Å². The summed E-state index contributed by atoms with van der Waals surface area (Å²) >= 11 is 1.42. The number of rotatable bonds is 6. The number of aromatic nitrogens is 1. The fourth-order valence-corrected chi connectivity index (χ4v) is 5.48. The SMILES string of the molecule is O=C(CCc1ccc(S(=O)(=O)N2CCCC2)cc1)Nc1ccc2sncc2c1. The molecule has 2 aromatic carbocycles. The van der Waals surface area contributed by atoms with Gasteiger partial charge in [-0.3, -0.25) is 4.79 Å². The van der Waals surface area contributed by atoms with E-state index in [0.29, 0.717) is 30.8 Å². The average Bonchev–Trinajstić information content (AvgIpc) is 3.38. The lowest BCUT2D eigenvalue weighted by Crippen LogP contribution is -2.27. The summed E-state index contributed by atoms with van der Waals surface area (Å²) in [5.74, 6) is -0.0729. The Morgan fingerprint density at radius 1 is 1.11 bits per heavy atom. The van der Waals surface area contributed by atoms with E-state index in [-0.39, 0.29) is 5.91 Å². The van der Waals surface area contributed by atoms with Crippen molar-refractivity contribution in [2.24, 2.45) is 0 Å². The predicted octanol–water partition coefficient (Wildman–Crippen LogP) is 3.65. The highest BCUT2D eigenvalue weighted by Crippen LogP contribution is 2.23. The Labute approximate surface area is 168 Å². The molecule has 0 spiro atoms. The standard InChI is InChI=1S/C20H21N3O3S2/c24-20(22-17-6-9-19-16(13-17)14-21-27-19)10-5-15-3-7-18(8-4-15)28(25,26)23-11-1-2-12-23/h3-4,6-9,13-14H,1-2,5,10-12H2,(H,22,24). The lowest BCUT2D eigenvalue weighted by Gasteiger charge is -2.15. The molecule has 28 heavy (non-hydrogen) atoms. The third-order valence-electron chi connectivity index (χ3n) is 4.90. The molecule has 1 aliphatic heterocycles. The molecule has 0 bridgehead atoms. The quantitative estimate of drug-likeness (QED) is 0.666. The Kier molecular flexibility index (Phi) is 5.43. The number of carbonyl (C=O) groups is 1. The van der Waals surface area contributed by atoms with Crippen LogP contribution < -0.4 is 5.32 Å². The second-order valence-corrected chi connectivity index (χ2v) is 9.65. The van der Waals surface area contributed by atoms with E-state index in [2.05, 4.69) is 9.69 Å². The normalized spacial score (nSPS) is 15.1. The first-order chi connectivity index (χ1) is 13.5. The molecule has 3 aromatic rings. The van der Waals surface area contributed by atoms with Crippen LogP contribution in [0.5, 0.6) is 0 Å². The number of hydrogen-bond acceptors (Lipinski definition) is 5. The van der Waals surface area contributed by atoms with Crippen molar-refractivity contribution in [2.45, 2.75) is 30.6 Å². The Morgan fingerprint density at radius 3 is 2.61 bits per heavy atom. The van der Waals surface area contributed by atoms with Gasteiger partial charge >= 0.3 is 0 Å². The molecule has 1 fully saturated rings. The summed E-state index contributed by atoms with van der Waals surface area (Å²) in [6.45, 7) is 1.19. The van der Waals surface area contributed by atoms with Gasteiger partial charge in [-0.2, -0.15) is 8.68 Å². The van der Waals surface area contributed by atoms with Gasteiger partial charge in [0.15, 0.2) is 0 Å². The summed E-state index contributed by atoms with van der Waals surface area (Å²) in [7, 11) is -3.39.